The van der Waals surface area contributed by atoms with Crippen LogP contribution in [0.5, 0.6) is 0 Å². The zero-order valence-electron chi connectivity index (χ0n) is 20.4. The van der Waals surface area contributed by atoms with Gasteiger partial charge in [0.05, 0.1) is 30.9 Å². The van der Waals surface area contributed by atoms with E-state index >= 15 is 4.39 Å². The molecule has 0 aromatic heterocycles. The Labute approximate surface area is 209 Å². The predicted octanol–water partition coefficient (Wildman–Crippen LogP) is 4.00. The number of anilines is 1. The molecule has 2 aliphatic heterocycles. The second-order valence-corrected chi connectivity index (χ2v) is 8.84. The van der Waals surface area contributed by atoms with Crippen LogP contribution in [0, 0.1) is 12.7 Å². The summed E-state index contributed by atoms with van der Waals surface area (Å²) in [5, 5.41) is 2.62. The van der Waals surface area contributed by atoms with Crippen LogP contribution in [0.2, 0.25) is 0 Å². The summed E-state index contributed by atoms with van der Waals surface area (Å²) in [4.78, 5) is 43.3. The van der Waals surface area contributed by atoms with Crippen LogP contribution in [-0.4, -0.2) is 61.3 Å². The Balaban J connectivity index is 1.34. The summed E-state index contributed by atoms with van der Waals surface area (Å²) in [6.45, 7) is 4.69. The Morgan fingerprint density at radius 2 is 2.06 bits per heavy atom. The number of halogens is 1. The number of aliphatic imine (C=N–C) groups is 1. The number of rotatable bonds is 7. The van der Waals surface area contributed by atoms with E-state index in [0.717, 1.165) is 16.8 Å². The van der Waals surface area contributed by atoms with E-state index < -0.39 is 18.0 Å². The molecule has 2 aliphatic rings. The molecule has 9 heteroatoms. The number of para-hydroxylation sites is 1. The Morgan fingerprint density at radius 1 is 1.25 bits per heavy atom. The molecule has 0 saturated carbocycles. The van der Waals surface area contributed by atoms with Gasteiger partial charge in [0.1, 0.15) is 11.9 Å². The highest BCUT2D eigenvalue weighted by Crippen LogP contribution is 2.30. The van der Waals surface area contributed by atoms with Crippen LogP contribution in [0.15, 0.2) is 53.5 Å². The Morgan fingerprint density at radius 3 is 2.75 bits per heavy atom. The number of hydrogen-bond donors (Lipinski definition) is 1. The second kappa shape index (κ2) is 11.2. The number of nitrogens with one attached hydrogen (secondary N) is 1. The molecular weight excluding hydrogens is 463 g/mol. The van der Waals surface area contributed by atoms with Crippen LogP contribution < -0.4 is 10.2 Å². The maximum Gasteiger partial charge on any atom is 0.414 e. The van der Waals surface area contributed by atoms with Gasteiger partial charge in [-0.2, -0.15) is 0 Å². The zero-order chi connectivity index (χ0) is 25.7. The van der Waals surface area contributed by atoms with Gasteiger partial charge in [-0.1, -0.05) is 24.3 Å². The molecule has 0 bridgehead atoms. The first kappa shape index (κ1) is 25.1. The molecule has 1 N–H and O–H groups in total. The molecule has 2 aromatic rings. The standard InChI is InChI=1S/C27H29FN4O4/c1-18-5-3-4-6-25(18)29-12-9-26(34)31-13-10-20(11-14-31)23-8-7-21(15-24(23)28)32-17-22(36-27(32)35)16-30-19(2)33/h3-8,10,12,15,22H,9,11,13-14,16-17H2,1-2H3,(H,30,33)/t22-/m0/s1. The quantitative estimate of drug-likeness (QED) is 0.592. The molecule has 2 heterocycles. The maximum atomic E-state index is 15.0. The first-order chi connectivity index (χ1) is 17.3. The van der Waals surface area contributed by atoms with Crippen molar-refractivity contribution in [2.45, 2.75) is 32.8 Å². The molecule has 188 valence electrons. The van der Waals surface area contributed by atoms with Gasteiger partial charge in [0.2, 0.25) is 11.8 Å². The van der Waals surface area contributed by atoms with Gasteiger partial charge in [-0.05, 0) is 48.7 Å². The highest BCUT2D eigenvalue weighted by Gasteiger charge is 2.33. The number of benzene rings is 2. The highest BCUT2D eigenvalue weighted by molar-refractivity contribution is 5.92. The first-order valence-electron chi connectivity index (χ1n) is 11.9. The van der Waals surface area contributed by atoms with E-state index in [0.29, 0.717) is 30.8 Å². The molecule has 3 amide bonds. The van der Waals surface area contributed by atoms with E-state index in [2.05, 4.69) is 10.3 Å². The summed E-state index contributed by atoms with van der Waals surface area (Å²) in [6.07, 6.45) is 3.17. The van der Waals surface area contributed by atoms with E-state index in [4.69, 9.17) is 4.74 Å². The fraction of sp³-hybridized carbons (Fsp3) is 0.333. The predicted molar refractivity (Wildman–Crippen MR) is 136 cm³/mol. The first-order valence-corrected chi connectivity index (χ1v) is 11.9. The minimum absolute atomic E-state index is 0.0279. The third-order valence-corrected chi connectivity index (χ3v) is 6.24. The number of cyclic esters (lactones) is 1. The van der Waals surface area contributed by atoms with Crippen molar-refractivity contribution in [3.8, 4) is 0 Å². The van der Waals surface area contributed by atoms with Gasteiger partial charge in [0.25, 0.3) is 0 Å². The zero-order valence-corrected chi connectivity index (χ0v) is 20.4. The largest absolute Gasteiger partial charge is 0.442 e. The van der Waals surface area contributed by atoms with Crippen LogP contribution in [-0.2, 0) is 14.3 Å². The topological polar surface area (TPSA) is 91.3 Å². The number of aryl methyl sites for hydroxylation is 1. The molecule has 2 aromatic carbocycles. The average molecular weight is 493 g/mol. The van der Waals surface area contributed by atoms with E-state index in [1.807, 2.05) is 37.3 Å². The molecule has 0 radical (unpaired) electrons. The molecule has 36 heavy (non-hydrogen) atoms. The Kier molecular flexibility index (Phi) is 7.77. The number of carbonyl (C=O) groups is 3. The lowest BCUT2D eigenvalue weighted by Crippen LogP contribution is -2.34. The summed E-state index contributed by atoms with van der Waals surface area (Å²) in [7, 11) is 0. The lowest BCUT2D eigenvalue weighted by atomic mass is 9.98. The number of amides is 3. The summed E-state index contributed by atoms with van der Waals surface area (Å²) < 4.78 is 20.3. The lowest BCUT2D eigenvalue weighted by molar-refractivity contribution is -0.129. The van der Waals surface area contributed by atoms with Gasteiger partial charge in [0.15, 0.2) is 0 Å². The smallest absolute Gasteiger partial charge is 0.414 e. The summed E-state index contributed by atoms with van der Waals surface area (Å²) in [6, 6.07) is 12.4. The SMILES string of the molecule is CC(=O)NC[C@H]1CN(c2ccc(C3=CCN(C(=O)CC=Nc4ccccc4C)CC3)c(F)c2)C(=O)O1. The van der Waals surface area contributed by atoms with Crippen molar-refractivity contribution in [2.24, 2.45) is 4.99 Å². The number of ether oxygens (including phenoxy) is 1. The average Bonchev–Trinajstić information content (AvgIpc) is 3.24. The van der Waals surface area contributed by atoms with Crippen LogP contribution in [0.4, 0.5) is 20.6 Å². The van der Waals surface area contributed by atoms with Crippen molar-refractivity contribution in [3.05, 3.63) is 65.5 Å². The van der Waals surface area contributed by atoms with E-state index in [9.17, 15) is 14.4 Å². The van der Waals surface area contributed by atoms with Crippen LogP contribution in [0.25, 0.3) is 5.57 Å². The minimum Gasteiger partial charge on any atom is -0.442 e. The molecule has 4 rings (SSSR count). The molecular formula is C27H29FN4O4. The number of carbonyl (C=O) groups excluding carboxylic acids is 3. The molecule has 0 unspecified atom stereocenters. The van der Waals surface area contributed by atoms with Gasteiger partial charge < -0.3 is 15.0 Å². The monoisotopic (exact) mass is 492 g/mol. The van der Waals surface area contributed by atoms with Crippen molar-refractivity contribution in [3.63, 3.8) is 0 Å². The Hall–Kier alpha value is -4.01. The number of hydrogen-bond acceptors (Lipinski definition) is 5. The van der Waals surface area contributed by atoms with Crippen LogP contribution in [0.3, 0.4) is 0 Å². The van der Waals surface area contributed by atoms with Crippen molar-refractivity contribution >= 4 is 41.1 Å². The van der Waals surface area contributed by atoms with Crippen molar-refractivity contribution < 1.29 is 23.5 Å². The van der Waals surface area contributed by atoms with Crippen molar-refractivity contribution in [1.29, 1.82) is 0 Å². The van der Waals surface area contributed by atoms with Gasteiger partial charge in [-0.15, -0.1) is 0 Å². The van der Waals surface area contributed by atoms with Crippen molar-refractivity contribution in [2.75, 3.05) is 31.1 Å². The number of nitrogens with zero attached hydrogens (tertiary/aromatic N) is 3. The van der Waals surface area contributed by atoms with E-state index in [1.54, 1.807) is 23.2 Å². The molecule has 0 aliphatic carbocycles. The molecule has 1 saturated heterocycles. The fourth-order valence-corrected chi connectivity index (χ4v) is 4.23. The van der Waals surface area contributed by atoms with Crippen LogP contribution in [0.1, 0.15) is 30.9 Å². The van der Waals surface area contributed by atoms with E-state index in [-0.39, 0.29) is 31.3 Å². The summed E-state index contributed by atoms with van der Waals surface area (Å²) in [5.74, 6) is -0.682. The van der Waals surface area contributed by atoms with E-state index in [1.165, 1.54) is 17.9 Å². The normalized spacial score (nSPS) is 17.8. The molecule has 1 fully saturated rings. The maximum absolute atomic E-state index is 15.0. The van der Waals surface area contributed by atoms with Gasteiger partial charge >= 0.3 is 6.09 Å². The van der Waals surface area contributed by atoms with Crippen LogP contribution >= 0.6 is 0 Å². The third kappa shape index (κ3) is 5.97. The highest BCUT2D eigenvalue weighted by atomic mass is 19.1. The molecule has 1 atom stereocenters. The Bertz CT molecular complexity index is 1230. The fourth-order valence-electron chi connectivity index (χ4n) is 4.23. The van der Waals surface area contributed by atoms with Crippen molar-refractivity contribution in [1.82, 2.24) is 10.2 Å². The molecule has 0 spiro atoms. The van der Waals surface area contributed by atoms with Gasteiger partial charge in [0, 0.05) is 31.8 Å². The minimum atomic E-state index is -0.575. The summed E-state index contributed by atoms with van der Waals surface area (Å²) in [5.41, 5.74) is 3.56. The molecule has 8 nitrogen and oxygen atoms in total. The second-order valence-electron chi connectivity index (χ2n) is 8.84. The van der Waals surface area contributed by atoms with Gasteiger partial charge in [-0.3, -0.25) is 19.5 Å². The summed E-state index contributed by atoms with van der Waals surface area (Å²) >= 11 is 0. The van der Waals surface area contributed by atoms with Gasteiger partial charge in [-0.25, -0.2) is 9.18 Å². The lowest BCUT2D eigenvalue weighted by Gasteiger charge is -2.26. The third-order valence-electron chi connectivity index (χ3n) is 6.24.